The number of nitrogens with zero attached hydrogens (tertiary/aromatic N) is 2. The number of carbonyl (C=O) groups is 1. The van der Waals surface area contributed by atoms with Gasteiger partial charge in [-0.1, -0.05) is 13.8 Å². The summed E-state index contributed by atoms with van der Waals surface area (Å²) in [6, 6.07) is 0. The van der Waals surface area contributed by atoms with E-state index < -0.39 is 11.9 Å². The lowest BCUT2D eigenvalue weighted by Crippen LogP contribution is -2.26. The molecule has 130 valence electrons. The second-order valence-corrected chi connectivity index (χ2v) is 7.12. The number of rotatable bonds is 7. The van der Waals surface area contributed by atoms with E-state index in [0.717, 1.165) is 19.3 Å². The van der Waals surface area contributed by atoms with Gasteiger partial charge in [0.2, 0.25) is 5.91 Å². The maximum atomic E-state index is 13.0. The van der Waals surface area contributed by atoms with Crippen molar-refractivity contribution in [1.82, 2.24) is 15.1 Å². The Labute approximate surface area is 141 Å². The molecule has 1 aliphatic rings. The number of aromatic nitrogens is 2. The summed E-state index contributed by atoms with van der Waals surface area (Å²) in [5, 5.41) is 6.47. The molecule has 1 aromatic rings. The van der Waals surface area contributed by atoms with Gasteiger partial charge in [0.15, 0.2) is 5.69 Å². The summed E-state index contributed by atoms with van der Waals surface area (Å²) < 4.78 is 40.3. The highest BCUT2D eigenvalue weighted by Crippen LogP contribution is 2.46. The Morgan fingerprint density at radius 3 is 2.61 bits per heavy atom. The van der Waals surface area contributed by atoms with Crippen LogP contribution in [0.25, 0.3) is 0 Å². The van der Waals surface area contributed by atoms with Gasteiger partial charge in [0, 0.05) is 18.9 Å². The van der Waals surface area contributed by atoms with E-state index in [0.29, 0.717) is 18.2 Å². The normalized spacial score (nSPS) is 15.3. The predicted octanol–water partition coefficient (Wildman–Crippen LogP) is 4.09. The Morgan fingerprint density at radius 1 is 1.43 bits per heavy atom. The van der Waals surface area contributed by atoms with Gasteiger partial charge in [0.1, 0.15) is 0 Å². The van der Waals surface area contributed by atoms with Crippen LogP contribution in [0.2, 0.25) is 0 Å². The molecule has 0 atom stereocenters. The quantitative estimate of drug-likeness (QED) is 0.755. The zero-order chi connectivity index (χ0) is 17.2. The zero-order valence-electron chi connectivity index (χ0n) is 13.2. The molecule has 2 rings (SSSR count). The minimum absolute atomic E-state index is 0.0210. The fourth-order valence-corrected chi connectivity index (χ4v) is 3.18. The highest BCUT2D eigenvalue weighted by Gasteiger charge is 2.41. The topological polar surface area (TPSA) is 46.9 Å². The second-order valence-electron chi connectivity index (χ2n) is 6.33. The van der Waals surface area contributed by atoms with Crippen molar-refractivity contribution >= 4 is 21.8 Å². The molecule has 1 aromatic heterocycles. The summed E-state index contributed by atoms with van der Waals surface area (Å²) in [7, 11) is 0. The van der Waals surface area contributed by atoms with Gasteiger partial charge in [-0.05, 0) is 41.1 Å². The van der Waals surface area contributed by atoms with Gasteiger partial charge in [-0.15, -0.1) is 0 Å². The van der Waals surface area contributed by atoms with Gasteiger partial charge in [0.25, 0.3) is 0 Å². The molecule has 0 saturated heterocycles. The first-order valence-corrected chi connectivity index (χ1v) is 8.59. The molecule has 0 unspecified atom stereocenters. The lowest BCUT2D eigenvalue weighted by molar-refractivity contribution is -0.142. The molecule has 0 aliphatic heterocycles. The molecule has 1 aliphatic carbocycles. The van der Waals surface area contributed by atoms with Crippen molar-refractivity contribution in [3.8, 4) is 0 Å². The van der Waals surface area contributed by atoms with E-state index in [1.807, 2.05) is 0 Å². The van der Waals surface area contributed by atoms with Gasteiger partial charge in [-0.3, -0.25) is 9.48 Å². The summed E-state index contributed by atoms with van der Waals surface area (Å²) in [6.45, 7) is 4.87. The molecule has 0 bridgehead atoms. The molecule has 0 radical (unpaired) electrons. The number of aryl methyl sites for hydroxylation is 1. The molecule has 1 fully saturated rings. The van der Waals surface area contributed by atoms with Crippen molar-refractivity contribution < 1.29 is 18.0 Å². The molecule has 23 heavy (non-hydrogen) atoms. The van der Waals surface area contributed by atoms with Crippen molar-refractivity contribution in [2.24, 2.45) is 5.92 Å². The average molecular weight is 396 g/mol. The smallest absolute Gasteiger partial charge is 0.356 e. The summed E-state index contributed by atoms with van der Waals surface area (Å²) in [5.74, 6) is 0.442. The Bertz CT molecular complexity index is 565. The summed E-state index contributed by atoms with van der Waals surface area (Å²) in [6.07, 6.45) is -1.76. The second kappa shape index (κ2) is 7.23. The highest BCUT2D eigenvalue weighted by atomic mass is 79.9. The monoisotopic (exact) mass is 395 g/mol. The first kappa shape index (κ1) is 18.3. The minimum Gasteiger partial charge on any atom is -0.356 e. The molecule has 8 heteroatoms. The van der Waals surface area contributed by atoms with Crippen LogP contribution in [-0.2, 0) is 17.5 Å². The third kappa shape index (κ3) is 4.96. The first-order valence-electron chi connectivity index (χ1n) is 7.80. The number of hydrogen-bond acceptors (Lipinski definition) is 2. The van der Waals surface area contributed by atoms with Gasteiger partial charge in [-0.25, -0.2) is 0 Å². The van der Waals surface area contributed by atoms with Crippen molar-refractivity contribution in [1.29, 1.82) is 0 Å². The molecule has 1 heterocycles. The summed E-state index contributed by atoms with van der Waals surface area (Å²) in [5.41, 5.74) is -0.341. The van der Waals surface area contributed by atoms with E-state index in [1.54, 1.807) is 0 Å². The van der Waals surface area contributed by atoms with Crippen LogP contribution in [0.15, 0.2) is 4.47 Å². The average Bonchev–Trinajstić information content (AvgIpc) is 3.19. The summed E-state index contributed by atoms with van der Waals surface area (Å²) >= 11 is 3.04. The van der Waals surface area contributed by atoms with Gasteiger partial charge >= 0.3 is 6.18 Å². The fraction of sp³-hybridized carbons (Fsp3) is 0.733. The minimum atomic E-state index is -4.49. The van der Waals surface area contributed by atoms with Crippen molar-refractivity contribution in [2.45, 2.75) is 58.2 Å². The Morgan fingerprint density at radius 2 is 2.09 bits per heavy atom. The van der Waals surface area contributed by atoms with Gasteiger partial charge in [0.05, 0.1) is 16.7 Å². The third-order valence-corrected chi connectivity index (χ3v) is 4.54. The number of amides is 1. The molecule has 1 amide bonds. The van der Waals surface area contributed by atoms with Crippen LogP contribution in [0.4, 0.5) is 13.2 Å². The predicted molar refractivity (Wildman–Crippen MR) is 84.0 cm³/mol. The van der Waals surface area contributed by atoms with E-state index in [4.69, 9.17) is 0 Å². The van der Waals surface area contributed by atoms with Crippen LogP contribution in [-0.4, -0.2) is 22.2 Å². The van der Waals surface area contributed by atoms with E-state index in [9.17, 15) is 18.0 Å². The SMILES string of the molecule is CC(C)CCNC(=O)CCn1nc(C(F)(F)F)c(Br)c1C1CC1. The van der Waals surface area contributed by atoms with Crippen molar-refractivity contribution in [3.05, 3.63) is 15.9 Å². The maximum Gasteiger partial charge on any atom is 0.436 e. The van der Waals surface area contributed by atoms with Crippen molar-refractivity contribution in [2.75, 3.05) is 6.54 Å². The Balaban J connectivity index is 2.01. The van der Waals surface area contributed by atoms with E-state index in [2.05, 4.69) is 40.2 Å². The zero-order valence-corrected chi connectivity index (χ0v) is 14.8. The molecule has 1 saturated carbocycles. The van der Waals surface area contributed by atoms with Crippen LogP contribution < -0.4 is 5.32 Å². The molecular weight excluding hydrogens is 375 g/mol. The lowest BCUT2D eigenvalue weighted by Gasteiger charge is -2.09. The number of alkyl halides is 3. The molecule has 0 spiro atoms. The first-order chi connectivity index (χ1) is 10.7. The van der Waals surface area contributed by atoms with E-state index in [1.165, 1.54) is 4.68 Å². The Kier molecular flexibility index (Phi) is 5.75. The van der Waals surface area contributed by atoms with Gasteiger partial charge in [-0.2, -0.15) is 18.3 Å². The van der Waals surface area contributed by atoms with Crippen LogP contribution in [0, 0.1) is 5.92 Å². The largest absolute Gasteiger partial charge is 0.436 e. The number of carbonyl (C=O) groups excluding carboxylic acids is 1. The van der Waals surface area contributed by atoms with Crippen LogP contribution in [0.3, 0.4) is 0 Å². The third-order valence-electron chi connectivity index (χ3n) is 3.76. The highest BCUT2D eigenvalue weighted by molar-refractivity contribution is 9.10. The van der Waals surface area contributed by atoms with Crippen LogP contribution >= 0.6 is 15.9 Å². The molecule has 0 aromatic carbocycles. The molecular formula is C15H21BrF3N3O. The summed E-state index contributed by atoms with van der Waals surface area (Å²) in [4.78, 5) is 11.8. The number of nitrogens with one attached hydrogen (secondary N) is 1. The molecule has 1 N–H and O–H groups in total. The van der Waals surface area contributed by atoms with Crippen LogP contribution in [0.5, 0.6) is 0 Å². The number of hydrogen-bond donors (Lipinski definition) is 1. The lowest BCUT2D eigenvalue weighted by atomic mass is 10.1. The number of halogens is 4. The van der Waals surface area contributed by atoms with Gasteiger partial charge < -0.3 is 5.32 Å². The Hall–Kier alpha value is -1.05. The maximum absolute atomic E-state index is 13.0. The van der Waals surface area contributed by atoms with Crippen molar-refractivity contribution in [3.63, 3.8) is 0 Å². The standard InChI is InChI=1S/C15H21BrF3N3O/c1-9(2)5-7-20-11(23)6-8-22-13(10-3-4-10)12(16)14(21-22)15(17,18)19/h9-10H,3-8H2,1-2H3,(H,20,23). The molecule has 4 nitrogen and oxygen atoms in total. The van der Waals surface area contributed by atoms with Crippen LogP contribution in [0.1, 0.15) is 56.8 Å². The van der Waals surface area contributed by atoms with E-state index in [-0.39, 0.29) is 29.3 Å². The fourth-order valence-electron chi connectivity index (χ4n) is 2.35. The van der Waals surface area contributed by atoms with E-state index >= 15 is 0 Å².